The number of nitrogens with one attached hydrogen (secondary N) is 1. The molecule has 8 heteroatoms. The van der Waals surface area contributed by atoms with Crippen LogP contribution < -0.4 is 11.1 Å². The summed E-state index contributed by atoms with van der Waals surface area (Å²) in [6.07, 6.45) is -3.33. The number of anilines is 1. The molecule has 0 aromatic heterocycles. The van der Waals surface area contributed by atoms with Gasteiger partial charge >= 0.3 is 6.18 Å². The first kappa shape index (κ1) is 15.5. The molecule has 0 amide bonds. The normalized spacial score (nSPS) is 13.1. The minimum absolute atomic E-state index is 0.0113. The number of hydrogen-bond acceptors (Lipinski definition) is 2. The number of nitrogens with two attached hydrogens (primary N) is 1. The standard InChI is InChI=1S/C11H12ClF3N4/c1-7(18-6-17-5-16)19-10-3-2-8(12)4-9(10)11(13,14)15/h2-4,6H,5,16H2,1H3,(H,17,18,19). The maximum Gasteiger partial charge on any atom is 0.418 e. The molecule has 0 aliphatic rings. The number of aliphatic imine (C=N–C) groups is 2. The first-order chi connectivity index (χ1) is 8.84. The highest BCUT2D eigenvalue weighted by atomic mass is 35.5. The SMILES string of the molecule is CC(=NC=NCN)Nc1ccc(Cl)cc1C(F)(F)F. The summed E-state index contributed by atoms with van der Waals surface area (Å²) in [4.78, 5) is 7.41. The van der Waals surface area contributed by atoms with E-state index in [2.05, 4.69) is 15.3 Å². The second-order valence-electron chi connectivity index (χ2n) is 3.51. The lowest BCUT2D eigenvalue weighted by Crippen LogP contribution is -2.14. The van der Waals surface area contributed by atoms with Crippen LogP contribution in [0.25, 0.3) is 0 Å². The summed E-state index contributed by atoms with van der Waals surface area (Å²) < 4.78 is 38.4. The summed E-state index contributed by atoms with van der Waals surface area (Å²) >= 11 is 5.57. The van der Waals surface area contributed by atoms with Crippen LogP contribution in [0.3, 0.4) is 0 Å². The summed E-state index contributed by atoms with van der Waals surface area (Å²) in [5.74, 6) is 0.255. The summed E-state index contributed by atoms with van der Waals surface area (Å²) in [5.41, 5.74) is 4.13. The topological polar surface area (TPSA) is 62.8 Å². The van der Waals surface area contributed by atoms with Crippen LogP contribution in [-0.2, 0) is 6.18 Å². The van der Waals surface area contributed by atoms with Crippen molar-refractivity contribution in [2.75, 3.05) is 12.0 Å². The molecule has 4 nitrogen and oxygen atoms in total. The van der Waals surface area contributed by atoms with Crippen LogP contribution in [0.15, 0.2) is 28.2 Å². The Morgan fingerprint density at radius 3 is 2.74 bits per heavy atom. The molecule has 104 valence electrons. The van der Waals surface area contributed by atoms with E-state index in [1.807, 2.05) is 0 Å². The van der Waals surface area contributed by atoms with Crippen molar-refractivity contribution in [2.45, 2.75) is 13.1 Å². The average Bonchev–Trinajstić information content (AvgIpc) is 2.30. The molecule has 1 aromatic rings. The fourth-order valence-corrected chi connectivity index (χ4v) is 1.43. The summed E-state index contributed by atoms with van der Waals surface area (Å²) in [6.45, 7) is 1.57. The average molecular weight is 293 g/mol. The van der Waals surface area contributed by atoms with Gasteiger partial charge in [-0.25, -0.2) is 4.99 Å². The van der Waals surface area contributed by atoms with Gasteiger partial charge in [0.2, 0.25) is 0 Å². The second-order valence-corrected chi connectivity index (χ2v) is 3.94. The van der Waals surface area contributed by atoms with Gasteiger partial charge in [-0.1, -0.05) is 11.6 Å². The number of amidine groups is 1. The number of nitrogens with zero attached hydrogens (tertiary/aromatic N) is 2. The van der Waals surface area contributed by atoms with E-state index in [-0.39, 0.29) is 23.2 Å². The third kappa shape index (κ3) is 4.88. The number of benzene rings is 1. The van der Waals surface area contributed by atoms with E-state index >= 15 is 0 Å². The predicted molar refractivity (Wildman–Crippen MR) is 70.7 cm³/mol. The van der Waals surface area contributed by atoms with Gasteiger partial charge in [-0.15, -0.1) is 0 Å². The van der Waals surface area contributed by atoms with Crippen LogP contribution in [-0.4, -0.2) is 18.8 Å². The number of rotatable bonds is 3. The Balaban J connectivity index is 3.01. The van der Waals surface area contributed by atoms with E-state index in [1.54, 1.807) is 0 Å². The Kier molecular flexibility index (Phi) is 5.31. The van der Waals surface area contributed by atoms with Gasteiger partial charge in [-0.05, 0) is 25.1 Å². The van der Waals surface area contributed by atoms with Gasteiger partial charge in [-0.3, -0.25) is 4.99 Å². The van der Waals surface area contributed by atoms with Crippen molar-refractivity contribution in [1.82, 2.24) is 0 Å². The molecular formula is C11H12ClF3N4. The maximum atomic E-state index is 12.8. The quantitative estimate of drug-likeness (QED) is 0.664. The Labute approximate surface area is 113 Å². The molecular weight excluding hydrogens is 281 g/mol. The molecule has 3 N–H and O–H groups in total. The molecule has 0 heterocycles. The van der Waals surface area contributed by atoms with Crippen molar-refractivity contribution in [1.29, 1.82) is 0 Å². The molecule has 0 aliphatic carbocycles. The van der Waals surface area contributed by atoms with Gasteiger partial charge in [0.15, 0.2) is 0 Å². The maximum absolute atomic E-state index is 12.8. The molecule has 0 radical (unpaired) electrons. The van der Waals surface area contributed by atoms with Gasteiger partial charge in [0.05, 0.1) is 17.9 Å². The Morgan fingerprint density at radius 1 is 1.47 bits per heavy atom. The molecule has 0 aliphatic heterocycles. The minimum Gasteiger partial charge on any atom is -0.343 e. The van der Waals surface area contributed by atoms with Gasteiger partial charge in [0.25, 0.3) is 0 Å². The molecule has 19 heavy (non-hydrogen) atoms. The molecule has 0 saturated heterocycles. The monoisotopic (exact) mass is 292 g/mol. The van der Waals surface area contributed by atoms with E-state index in [1.165, 1.54) is 25.4 Å². The van der Waals surface area contributed by atoms with Crippen molar-refractivity contribution >= 4 is 29.5 Å². The van der Waals surface area contributed by atoms with Gasteiger partial charge in [-0.2, -0.15) is 13.2 Å². The fraction of sp³-hybridized carbons (Fsp3) is 0.273. The van der Waals surface area contributed by atoms with Crippen LogP contribution in [0.2, 0.25) is 5.02 Å². The molecule has 0 atom stereocenters. The zero-order valence-corrected chi connectivity index (χ0v) is 10.8. The molecule has 0 bridgehead atoms. The van der Waals surface area contributed by atoms with E-state index in [0.29, 0.717) is 0 Å². The Bertz CT molecular complexity index is 497. The van der Waals surface area contributed by atoms with Crippen LogP contribution in [0.4, 0.5) is 18.9 Å². The summed E-state index contributed by atoms with van der Waals surface area (Å²) in [6, 6.07) is 3.45. The predicted octanol–water partition coefficient (Wildman–Crippen LogP) is 3.13. The molecule has 0 saturated carbocycles. The zero-order valence-electron chi connectivity index (χ0n) is 10.0. The van der Waals surface area contributed by atoms with Gasteiger partial charge in [0, 0.05) is 5.02 Å². The minimum atomic E-state index is -4.50. The molecule has 1 aromatic carbocycles. The zero-order chi connectivity index (χ0) is 14.5. The van der Waals surface area contributed by atoms with E-state index < -0.39 is 11.7 Å². The lowest BCUT2D eigenvalue weighted by atomic mass is 10.1. The smallest absolute Gasteiger partial charge is 0.343 e. The lowest BCUT2D eigenvalue weighted by Gasteiger charge is -2.14. The van der Waals surface area contributed by atoms with Crippen molar-refractivity contribution in [3.8, 4) is 0 Å². The van der Waals surface area contributed by atoms with E-state index in [0.717, 1.165) is 6.07 Å². The van der Waals surface area contributed by atoms with Crippen molar-refractivity contribution in [3.63, 3.8) is 0 Å². The van der Waals surface area contributed by atoms with Crippen LogP contribution in [0, 0.1) is 0 Å². The molecule has 0 spiro atoms. The largest absolute Gasteiger partial charge is 0.418 e. The highest BCUT2D eigenvalue weighted by Crippen LogP contribution is 2.36. The molecule has 0 fully saturated rings. The van der Waals surface area contributed by atoms with Crippen molar-refractivity contribution in [2.24, 2.45) is 15.7 Å². The molecule has 1 rings (SSSR count). The third-order valence-electron chi connectivity index (χ3n) is 2.04. The Morgan fingerprint density at radius 2 is 2.16 bits per heavy atom. The van der Waals surface area contributed by atoms with Crippen LogP contribution in [0.5, 0.6) is 0 Å². The highest BCUT2D eigenvalue weighted by Gasteiger charge is 2.33. The Hall–Kier alpha value is -1.60. The van der Waals surface area contributed by atoms with Crippen molar-refractivity contribution in [3.05, 3.63) is 28.8 Å². The van der Waals surface area contributed by atoms with Crippen molar-refractivity contribution < 1.29 is 13.2 Å². The molecule has 0 unspecified atom stereocenters. The number of alkyl halides is 3. The third-order valence-corrected chi connectivity index (χ3v) is 2.28. The highest BCUT2D eigenvalue weighted by molar-refractivity contribution is 6.30. The summed E-state index contributed by atoms with van der Waals surface area (Å²) in [7, 11) is 0. The van der Waals surface area contributed by atoms with Crippen LogP contribution >= 0.6 is 11.6 Å². The lowest BCUT2D eigenvalue weighted by molar-refractivity contribution is -0.136. The first-order valence-corrected chi connectivity index (χ1v) is 5.59. The van der Waals surface area contributed by atoms with Gasteiger partial charge in [0.1, 0.15) is 12.2 Å². The first-order valence-electron chi connectivity index (χ1n) is 5.21. The fourth-order valence-electron chi connectivity index (χ4n) is 1.26. The second kappa shape index (κ2) is 6.53. The van der Waals surface area contributed by atoms with Gasteiger partial charge < -0.3 is 11.1 Å². The van der Waals surface area contributed by atoms with E-state index in [4.69, 9.17) is 17.3 Å². The summed E-state index contributed by atoms with van der Waals surface area (Å²) in [5, 5.41) is 2.55. The number of halogens is 4. The van der Waals surface area contributed by atoms with Crippen LogP contribution in [0.1, 0.15) is 12.5 Å². The number of hydrogen-bond donors (Lipinski definition) is 2. The van der Waals surface area contributed by atoms with E-state index in [9.17, 15) is 13.2 Å².